The summed E-state index contributed by atoms with van der Waals surface area (Å²) in [4.78, 5) is 26.2. The summed E-state index contributed by atoms with van der Waals surface area (Å²) in [5, 5.41) is 21.5. The van der Waals surface area contributed by atoms with E-state index in [0.29, 0.717) is 5.56 Å². The lowest BCUT2D eigenvalue weighted by molar-refractivity contribution is -0.167. The summed E-state index contributed by atoms with van der Waals surface area (Å²) in [6.07, 6.45) is -1.62. The molecule has 2 saturated heterocycles. The van der Waals surface area contributed by atoms with E-state index in [2.05, 4.69) is 5.32 Å². The molecule has 1 aromatic carbocycles. The van der Waals surface area contributed by atoms with E-state index in [9.17, 15) is 19.8 Å². The van der Waals surface area contributed by atoms with Crippen molar-refractivity contribution in [1.82, 2.24) is 10.2 Å². The zero-order valence-electron chi connectivity index (χ0n) is 13.4. The Morgan fingerprint density at radius 1 is 1.33 bits per heavy atom. The predicted octanol–water partition coefficient (Wildman–Crippen LogP) is -0.456. The molecule has 2 aliphatic heterocycles. The molecular formula is C16H21N3O4S. The summed E-state index contributed by atoms with van der Waals surface area (Å²) >= 11 is 1.44. The molecule has 0 aliphatic carbocycles. The van der Waals surface area contributed by atoms with Crippen molar-refractivity contribution in [2.24, 2.45) is 5.73 Å². The number of carbonyl (C=O) groups is 2. The van der Waals surface area contributed by atoms with E-state index < -0.39 is 35.1 Å². The Balaban J connectivity index is 1.70. The molecule has 0 spiro atoms. The van der Waals surface area contributed by atoms with Crippen LogP contribution in [0.25, 0.3) is 0 Å². The molecule has 0 radical (unpaired) electrons. The van der Waals surface area contributed by atoms with Crippen LogP contribution < -0.4 is 11.1 Å². The molecule has 0 saturated carbocycles. The van der Waals surface area contributed by atoms with Crippen molar-refractivity contribution in [2.45, 2.75) is 48.4 Å². The topological polar surface area (TPSA) is 116 Å². The van der Waals surface area contributed by atoms with Crippen LogP contribution in [0.5, 0.6) is 0 Å². The Labute approximate surface area is 144 Å². The standard InChI is InChI=1S/C16H21N3O4S/c1-16(2)11(15(22)23)19-13(21)10(14(19)24-16)18-12(20)9(17)8-6-4-3-5-7-8/h3-7,9-11,14-15,22-23H,17H2,1-2H3,(H,18,20)/t9-,10-,11+,14-/m1/s1. The lowest BCUT2D eigenvalue weighted by Gasteiger charge is -2.45. The fourth-order valence-electron chi connectivity index (χ4n) is 3.31. The quantitative estimate of drug-likeness (QED) is 0.431. The Morgan fingerprint density at radius 2 is 1.96 bits per heavy atom. The summed E-state index contributed by atoms with van der Waals surface area (Å²) < 4.78 is -0.518. The van der Waals surface area contributed by atoms with Gasteiger partial charge in [0, 0.05) is 4.75 Å². The van der Waals surface area contributed by atoms with E-state index in [-0.39, 0.29) is 11.3 Å². The van der Waals surface area contributed by atoms with E-state index in [0.717, 1.165) is 0 Å². The smallest absolute Gasteiger partial charge is 0.249 e. The van der Waals surface area contributed by atoms with Gasteiger partial charge in [0.05, 0.1) is 6.04 Å². The van der Waals surface area contributed by atoms with Crippen molar-refractivity contribution in [3.63, 3.8) is 0 Å². The third kappa shape index (κ3) is 2.69. The summed E-state index contributed by atoms with van der Waals surface area (Å²) in [6, 6.07) is 6.68. The van der Waals surface area contributed by atoms with Crippen molar-refractivity contribution >= 4 is 23.6 Å². The van der Waals surface area contributed by atoms with Crippen LogP contribution in [0.1, 0.15) is 25.5 Å². The number of β-lactam (4-membered cyclic amide) rings is 1. The van der Waals surface area contributed by atoms with Crippen molar-refractivity contribution < 1.29 is 19.8 Å². The number of amides is 2. The number of aliphatic hydroxyl groups excluding tert-OH is 1. The van der Waals surface area contributed by atoms with Gasteiger partial charge in [0.25, 0.3) is 0 Å². The first-order chi connectivity index (χ1) is 11.2. The summed E-state index contributed by atoms with van der Waals surface area (Å²) in [7, 11) is 0. The number of benzene rings is 1. The first-order valence-corrected chi connectivity index (χ1v) is 8.59. The van der Waals surface area contributed by atoms with Crippen molar-refractivity contribution in [2.75, 3.05) is 0 Å². The third-order valence-electron chi connectivity index (χ3n) is 4.54. The highest BCUT2D eigenvalue weighted by Crippen LogP contribution is 2.51. The number of hydrogen-bond acceptors (Lipinski definition) is 6. The summed E-state index contributed by atoms with van der Waals surface area (Å²) in [6.45, 7) is 3.70. The van der Waals surface area contributed by atoms with Gasteiger partial charge in [-0.2, -0.15) is 0 Å². The van der Waals surface area contributed by atoms with Crippen LogP contribution in [0.4, 0.5) is 0 Å². The SMILES string of the molecule is CC1(C)S[C@@H]2[C@H](NC(=O)[C@H](N)c3ccccc3)C(=O)N2[C@H]1C(O)O. The number of nitrogens with two attached hydrogens (primary N) is 1. The van der Waals surface area contributed by atoms with Crippen molar-refractivity contribution in [3.05, 3.63) is 35.9 Å². The van der Waals surface area contributed by atoms with E-state index in [4.69, 9.17) is 5.73 Å². The number of fused-ring (bicyclic) bond motifs is 1. The van der Waals surface area contributed by atoms with Gasteiger partial charge in [0.2, 0.25) is 11.8 Å². The molecule has 0 unspecified atom stereocenters. The van der Waals surface area contributed by atoms with Crippen LogP contribution in [0.15, 0.2) is 30.3 Å². The number of hydrogen-bond donors (Lipinski definition) is 4. The fraction of sp³-hybridized carbons (Fsp3) is 0.500. The second kappa shape index (κ2) is 6.03. The number of rotatable bonds is 4. The zero-order valence-corrected chi connectivity index (χ0v) is 14.2. The highest BCUT2D eigenvalue weighted by atomic mass is 32.2. The largest absolute Gasteiger partial charge is 0.366 e. The first-order valence-electron chi connectivity index (χ1n) is 7.71. The molecule has 4 atom stereocenters. The van der Waals surface area contributed by atoms with Crippen LogP contribution in [0.2, 0.25) is 0 Å². The zero-order chi connectivity index (χ0) is 17.6. The number of thioether (sulfide) groups is 1. The van der Waals surface area contributed by atoms with Gasteiger partial charge >= 0.3 is 0 Å². The highest BCUT2D eigenvalue weighted by Gasteiger charge is 2.63. The van der Waals surface area contributed by atoms with E-state index in [1.807, 2.05) is 19.9 Å². The second-order valence-corrected chi connectivity index (χ2v) is 8.36. The molecule has 7 nitrogen and oxygen atoms in total. The Bertz CT molecular complexity index is 652. The molecule has 2 aliphatic rings. The monoisotopic (exact) mass is 351 g/mol. The van der Waals surface area contributed by atoms with Gasteiger partial charge in [-0.05, 0) is 19.4 Å². The van der Waals surface area contributed by atoms with Crippen LogP contribution in [0.3, 0.4) is 0 Å². The second-order valence-electron chi connectivity index (χ2n) is 6.59. The number of aliphatic hydroxyl groups is 2. The number of carbonyl (C=O) groups excluding carboxylic acids is 2. The molecule has 5 N–H and O–H groups in total. The molecule has 130 valence electrons. The normalized spacial score (nSPS) is 29.2. The van der Waals surface area contributed by atoms with Gasteiger partial charge in [0.1, 0.15) is 17.5 Å². The Hall–Kier alpha value is -1.61. The van der Waals surface area contributed by atoms with Crippen LogP contribution in [0, 0.1) is 0 Å². The van der Waals surface area contributed by atoms with E-state index >= 15 is 0 Å². The maximum Gasteiger partial charge on any atom is 0.249 e. The van der Waals surface area contributed by atoms with Gasteiger partial charge in [-0.25, -0.2) is 0 Å². The van der Waals surface area contributed by atoms with E-state index in [1.165, 1.54) is 16.7 Å². The molecule has 0 aromatic heterocycles. The van der Waals surface area contributed by atoms with Crippen LogP contribution >= 0.6 is 11.8 Å². The lowest BCUT2D eigenvalue weighted by Crippen LogP contribution is -2.71. The van der Waals surface area contributed by atoms with E-state index in [1.54, 1.807) is 24.3 Å². The van der Waals surface area contributed by atoms with Gasteiger partial charge in [-0.1, -0.05) is 30.3 Å². The van der Waals surface area contributed by atoms with Crippen molar-refractivity contribution in [3.8, 4) is 0 Å². The van der Waals surface area contributed by atoms with Crippen molar-refractivity contribution in [1.29, 1.82) is 0 Å². The molecule has 2 fully saturated rings. The third-order valence-corrected chi connectivity index (χ3v) is 6.13. The minimum absolute atomic E-state index is 0.314. The molecule has 2 amide bonds. The molecule has 8 heteroatoms. The minimum atomic E-state index is -1.62. The average molecular weight is 351 g/mol. The molecule has 24 heavy (non-hydrogen) atoms. The average Bonchev–Trinajstić information content (AvgIpc) is 2.80. The number of nitrogens with zero attached hydrogens (tertiary/aromatic N) is 1. The fourth-order valence-corrected chi connectivity index (χ4v) is 4.98. The molecule has 3 rings (SSSR count). The molecule has 0 bridgehead atoms. The van der Waals surface area contributed by atoms with Crippen LogP contribution in [-0.2, 0) is 9.59 Å². The molecular weight excluding hydrogens is 330 g/mol. The maximum atomic E-state index is 12.4. The highest BCUT2D eigenvalue weighted by molar-refractivity contribution is 8.01. The predicted molar refractivity (Wildman–Crippen MR) is 89.6 cm³/mol. The van der Waals surface area contributed by atoms with Crippen LogP contribution in [-0.4, -0.2) is 55.4 Å². The van der Waals surface area contributed by atoms with Gasteiger partial charge in [-0.15, -0.1) is 11.8 Å². The summed E-state index contributed by atoms with van der Waals surface area (Å²) in [5.74, 6) is -0.740. The van der Waals surface area contributed by atoms with Gasteiger partial charge < -0.3 is 26.2 Å². The molecule has 2 heterocycles. The number of nitrogens with one attached hydrogen (secondary N) is 1. The minimum Gasteiger partial charge on any atom is -0.366 e. The lowest BCUT2D eigenvalue weighted by atomic mass is 9.95. The maximum absolute atomic E-state index is 12.4. The van der Waals surface area contributed by atoms with Gasteiger partial charge in [0.15, 0.2) is 6.29 Å². The Morgan fingerprint density at radius 3 is 2.54 bits per heavy atom. The van der Waals surface area contributed by atoms with Gasteiger partial charge in [-0.3, -0.25) is 9.59 Å². The molecule has 1 aromatic rings. The first kappa shape index (κ1) is 17.2. The Kier molecular flexibility index (Phi) is 4.33. The summed E-state index contributed by atoms with van der Waals surface area (Å²) in [5.41, 5.74) is 6.62.